The van der Waals surface area contributed by atoms with Gasteiger partial charge in [-0.1, -0.05) is 13.8 Å². The molecule has 0 unspecified atom stereocenters. The van der Waals surface area contributed by atoms with Gasteiger partial charge < -0.3 is 15.5 Å². The van der Waals surface area contributed by atoms with Crippen molar-refractivity contribution < 1.29 is 9.21 Å². The molecule has 1 rings (SSSR count). The summed E-state index contributed by atoms with van der Waals surface area (Å²) in [5.41, 5.74) is 6.36. The van der Waals surface area contributed by atoms with Crippen LogP contribution in [0, 0.1) is 13.8 Å². The van der Waals surface area contributed by atoms with Gasteiger partial charge >= 0.3 is 0 Å². The molecule has 104 valence electrons. The summed E-state index contributed by atoms with van der Waals surface area (Å²) in [5.74, 6) is 0.523. The summed E-state index contributed by atoms with van der Waals surface area (Å²) < 4.78 is 5.24. The molecule has 0 atom stereocenters. The van der Waals surface area contributed by atoms with Crippen molar-refractivity contribution in [1.29, 1.82) is 0 Å². The first kappa shape index (κ1) is 16.9. The summed E-state index contributed by atoms with van der Waals surface area (Å²) in [7, 11) is 0. The number of nitrogens with one attached hydrogen (secondary N) is 1. The normalized spacial score (nSPS) is 10.9. The fraction of sp³-hybridized carbons (Fsp3) is 0.667. The largest absolute Gasteiger partial charge is 0.436 e. The predicted molar refractivity (Wildman–Crippen MR) is 73.1 cm³/mol. The zero-order chi connectivity index (χ0) is 13.1. The smallest absolute Gasteiger partial charge is 0.289 e. The van der Waals surface area contributed by atoms with Gasteiger partial charge in [0.1, 0.15) is 0 Å². The fourth-order valence-corrected chi connectivity index (χ4v) is 1.58. The van der Waals surface area contributed by atoms with E-state index >= 15 is 0 Å². The van der Waals surface area contributed by atoms with Crippen molar-refractivity contribution in [3.8, 4) is 0 Å². The van der Waals surface area contributed by atoms with Gasteiger partial charge in [-0.3, -0.25) is 4.79 Å². The summed E-state index contributed by atoms with van der Waals surface area (Å²) in [6.45, 7) is 7.94. The number of aromatic nitrogens is 1. The molecule has 0 aliphatic carbocycles. The van der Waals surface area contributed by atoms with Gasteiger partial charge in [-0.15, -0.1) is 12.4 Å². The summed E-state index contributed by atoms with van der Waals surface area (Å²) in [6, 6.07) is 0. The van der Waals surface area contributed by atoms with E-state index in [4.69, 9.17) is 10.2 Å². The van der Waals surface area contributed by atoms with Crippen LogP contribution in [0.1, 0.15) is 48.8 Å². The highest BCUT2D eigenvalue weighted by Gasteiger charge is 2.23. The zero-order valence-electron chi connectivity index (χ0n) is 11.4. The number of hydrogen-bond donors (Lipinski definition) is 2. The summed E-state index contributed by atoms with van der Waals surface area (Å²) in [6.07, 6.45) is 1.64. The molecule has 0 radical (unpaired) electrons. The summed E-state index contributed by atoms with van der Waals surface area (Å²) in [5, 5.41) is 2.80. The Balaban J connectivity index is 0.00000289. The van der Waals surface area contributed by atoms with Crippen LogP contribution in [-0.4, -0.2) is 23.0 Å². The van der Waals surface area contributed by atoms with Crippen molar-refractivity contribution in [2.45, 2.75) is 46.1 Å². The highest BCUT2D eigenvalue weighted by molar-refractivity contribution is 5.92. The third kappa shape index (κ3) is 3.99. The number of halogens is 1. The molecule has 0 saturated heterocycles. The van der Waals surface area contributed by atoms with E-state index in [2.05, 4.69) is 10.3 Å². The van der Waals surface area contributed by atoms with Crippen LogP contribution in [0.4, 0.5) is 0 Å². The van der Waals surface area contributed by atoms with Gasteiger partial charge in [-0.25, -0.2) is 4.98 Å². The summed E-state index contributed by atoms with van der Waals surface area (Å²) in [4.78, 5) is 15.9. The number of aryl methyl sites for hydroxylation is 2. The molecule has 1 aromatic heterocycles. The van der Waals surface area contributed by atoms with E-state index in [-0.39, 0.29) is 29.6 Å². The molecule has 5 nitrogen and oxygen atoms in total. The Morgan fingerprint density at radius 1 is 1.39 bits per heavy atom. The molecule has 0 aromatic carbocycles. The number of hydrogen-bond acceptors (Lipinski definition) is 4. The average molecular weight is 276 g/mol. The van der Waals surface area contributed by atoms with Gasteiger partial charge in [0.15, 0.2) is 5.89 Å². The molecule has 0 aliphatic rings. The van der Waals surface area contributed by atoms with Gasteiger partial charge in [0.2, 0.25) is 5.76 Å². The lowest BCUT2D eigenvalue weighted by Gasteiger charge is -2.26. The molecular formula is C12H22ClN3O2. The Bertz CT molecular complexity index is 400. The average Bonchev–Trinajstić information content (AvgIpc) is 2.65. The molecule has 1 heterocycles. The van der Waals surface area contributed by atoms with Crippen molar-refractivity contribution in [2.24, 2.45) is 5.73 Å². The first-order valence-corrected chi connectivity index (χ1v) is 5.93. The number of carbonyl (C=O) groups excluding carboxylic acids is 1. The van der Waals surface area contributed by atoms with E-state index in [0.29, 0.717) is 18.1 Å². The highest BCUT2D eigenvalue weighted by atomic mass is 35.5. The Hall–Kier alpha value is -1.07. The molecule has 6 heteroatoms. The van der Waals surface area contributed by atoms with Crippen LogP contribution in [0.15, 0.2) is 4.42 Å². The van der Waals surface area contributed by atoms with E-state index < -0.39 is 0 Å². The number of carbonyl (C=O) groups is 1. The first-order chi connectivity index (χ1) is 7.91. The molecule has 0 aliphatic heterocycles. The molecule has 1 aromatic rings. The molecule has 0 fully saturated rings. The maximum Gasteiger partial charge on any atom is 0.289 e. The van der Waals surface area contributed by atoms with Crippen LogP contribution in [0.2, 0.25) is 0 Å². The lowest BCUT2D eigenvalue weighted by Crippen LogP contribution is -2.49. The number of nitrogens with zero attached hydrogens (tertiary/aromatic N) is 1. The SMILES string of the molecule is CCC(N)(CC)CNC(=O)c1oc(C)nc1C.Cl. The van der Waals surface area contributed by atoms with Crippen LogP contribution in [0.25, 0.3) is 0 Å². The summed E-state index contributed by atoms with van der Waals surface area (Å²) >= 11 is 0. The number of amides is 1. The Kier molecular flexibility index (Phi) is 6.35. The number of nitrogens with two attached hydrogens (primary N) is 1. The van der Waals surface area contributed by atoms with Crippen LogP contribution < -0.4 is 11.1 Å². The third-order valence-corrected chi connectivity index (χ3v) is 3.12. The second-order valence-electron chi connectivity index (χ2n) is 4.40. The third-order valence-electron chi connectivity index (χ3n) is 3.12. The van der Waals surface area contributed by atoms with E-state index in [1.807, 2.05) is 13.8 Å². The van der Waals surface area contributed by atoms with E-state index in [0.717, 1.165) is 12.8 Å². The molecule has 3 N–H and O–H groups in total. The number of oxazole rings is 1. The number of rotatable bonds is 5. The highest BCUT2D eigenvalue weighted by Crippen LogP contribution is 2.12. The first-order valence-electron chi connectivity index (χ1n) is 5.93. The van der Waals surface area contributed by atoms with Gasteiger partial charge in [-0.05, 0) is 19.8 Å². The predicted octanol–water partition coefficient (Wildman–Crippen LogP) is 1.96. The minimum atomic E-state index is -0.349. The molecule has 1 amide bonds. The quantitative estimate of drug-likeness (QED) is 0.861. The lowest BCUT2D eigenvalue weighted by molar-refractivity contribution is 0.0912. The standard InChI is InChI=1S/C12H21N3O2.ClH/c1-5-12(13,6-2)7-14-11(16)10-8(3)15-9(4)17-10;/h5-7,13H2,1-4H3,(H,14,16);1H. The van der Waals surface area contributed by atoms with Crippen LogP contribution in [0.5, 0.6) is 0 Å². The van der Waals surface area contributed by atoms with Gasteiger partial charge in [0.05, 0.1) is 5.69 Å². The maximum absolute atomic E-state index is 11.9. The topological polar surface area (TPSA) is 81.1 Å². The molecule has 0 spiro atoms. The fourth-order valence-electron chi connectivity index (χ4n) is 1.58. The van der Waals surface area contributed by atoms with Crippen LogP contribution in [-0.2, 0) is 0 Å². The second-order valence-corrected chi connectivity index (χ2v) is 4.40. The molecule has 0 bridgehead atoms. The Labute approximate surface area is 114 Å². The van der Waals surface area contributed by atoms with Gasteiger partial charge in [0, 0.05) is 19.0 Å². The molecule has 0 saturated carbocycles. The van der Waals surface area contributed by atoms with E-state index in [1.54, 1.807) is 13.8 Å². The van der Waals surface area contributed by atoms with Crippen molar-refractivity contribution in [3.05, 3.63) is 17.3 Å². The molecular weight excluding hydrogens is 254 g/mol. The van der Waals surface area contributed by atoms with E-state index in [9.17, 15) is 4.79 Å². The lowest BCUT2D eigenvalue weighted by atomic mass is 9.94. The monoisotopic (exact) mass is 275 g/mol. The van der Waals surface area contributed by atoms with Crippen LogP contribution >= 0.6 is 12.4 Å². The van der Waals surface area contributed by atoms with Crippen molar-refractivity contribution in [3.63, 3.8) is 0 Å². The van der Waals surface area contributed by atoms with E-state index in [1.165, 1.54) is 0 Å². The van der Waals surface area contributed by atoms with Crippen LogP contribution in [0.3, 0.4) is 0 Å². The van der Waals surface area contributed by atoms with Crippen molar-refractivity contribution >= 4 is 18.3 Å². The minimum absolute atomic E-state index is 0. The van der Waals surface area contributed by atoms with Crippen molar-refractivity contribution in [2.75, 3.05) is 6.54 Å². The second kappa shape index (κ2) is 6.75. The maximum atomic E-state index is 11.9. The minimum Gasteiger partial charge on any atom is -0.436 e. The zero-order valence-corrected chi connectivity index (χ0v) is 12.2. The Morgan fingerprint density at radius 2 is 1.94 bits per heavy atom. The van der Waals surface area contributed by atoms with Gasteiger partial charge in [0.25, 0.3) is 5.91 Å². The van der Waals surface area contributed by atoms with Crippen molar-refractivity contribution in [1.82, 2.24) is 10.3 Å². The Morgan fingerprint density at radius 3 is 2.33 bits per heavy atom. The van der Waals surface area contributed by atoms with Gasteiger partial charge in [-0.2, -0.15) is 0 Å². The molecule has 18 heavy (non-hydrogen) atoms.